The minimum Gasteiger partial charge on any atom is -0.508 e. The Bertz CT molecular complexity index is 1400. The molecule has 4 aromatic rings. The standard InChI is InChI=1S/C23H15F6N3O/c1-22(4-5-22)21-20(19-15(25)7-12(33)8-16(19)26)32-10-17(30-9-18(32)31-21)11-2-3-14(24)13(6-11)23(27,28)29/h2-3,6-10,33H,4-5H2,1H3. The lowest BCUT2D eigenvalue weighted by atomic mass is 9.98. The van der Waals surface area contributed by atoms with Gasteiger partial charge in [0.05, 0.1) is 34.4 Å². The van der Waals surface area contributed by atoms with Crippen LogP contribution in [0.15, 0.2) is 42.7 Å². The van der Waals surface area contributed by atoms with Gasteiger partial charge >= 0.3 is 6.18 Å². The summed E-state index contributed by atoms with van der Waals surface area (Å²) in [7, 11) is 0. The first kappa shape index (κ1) is 21.3. The highest BCUT2D eigenvalue weighted by atomic mass is 19.4. The number of hydrogen-bond donors (Lipinski definition) is 1. The van der Waals surface area contributed by atoms with Crippen LogP contribution in [0.1, 0.15) is 31.0 Å². The molecule has 0 radical (unpaired) electrons. The van der Waals surface area contributed by atoms with Crippen LogP contribution in [0.4, 0.5) is 26.3 Å². The van der Waals surface area contributed by atoms with E-state index in [9.17, 15) is 31.4 Å². The van der Waals surface area contributed by atoms with E-state index in [1.54, 1.807) is 0 Å². The second-order valence-electron chi connectivity index (χ2n) is 8.35. The fraction of sp³-hybridized carbons (Fsp3) is 0.217. The number of phenolic OH excluding ortho intramolecular Hbond substituents is 1. The van der Waals surface area contributed by atoms with Crippen molar-refractivity contribution < 1.29 is 31.4 Å². The normalized spacial score (nSPS) is 15.2. The number of aromatic hydroxyl groups is 1. The lowest BCUT2D eigenvalue weighted by Gasteiger charge is -2.13. The van der Waals surface area contributed by atoms with Crippen molar-refractivity contribution in [2.75, 3.05) is 0 Å². The third kappa shape index (κ3) is 3.49. The number of fused-ring (bicyclic) bond motifs is 1. The van der Waals surface area contributed by atoms with Gasteiger partial charge in [-0.05, 0) is 31.0 Å². The van der Waals surface area contributed by atoms with Crippen LogP contribution in [-0.4, -0.2) is 19.5 Å². The predicted molar refractivity (Wildman–Crippen MR) is 107 cm³/mol. The summed E-state index contributed by atoms with van der Waals surface area (Å²) in [6.45, 7) is 1.89. The first-order chi connectivity index (χ1) is 15.5. The Morgan fingerprint density at radius 1 is 1.00 bits per heavy atom. The summed E-state index contributed by atoms with van der Waals surface area (Å²) in [6.07, 6.45) is -0.847. The predicted octanol–water partition coefficient (Wildman–Crippen LogP) is 6.26. The molecule has 0 atom stereocenters. The summed E-state index contributed by atoms with van der Waals surface area (Å²) < 4.78 is 84.2. The van der Waals surface area contributed by atoms with Crippen LogP contribution >= 0.6 is 0 Å². The summed E-state index contributed by atoms with van der Waals surface area (Å²) in [5, 5.41) is 9.54. The molecule has 0 unspecified atom stereocenters. The van der Waals surface area contributed by atoms with E-state index in [1.807, 2.05) is 6.92 Å². The topological polar surface area (TPSA) is 50.4 Å². The quantitative estimate of drug-likeness (QED) is 0.365. The third-order valence-corrected chi connectivity index (χ3v) is 5.91. The zero-order valence-electron chi connectivity index (χ0n) is 17.0. The van der Waals surface area contributed by atoms with Gasteiger partial charge in [0, 0.05) is 29.3 Å². The van der Waals surface area contributed by atoms with E-state index < -0.39 is 45.9 Å². The van der Waals surface area contributed by atoms with Crippen LogP contribution in [0, 0.1) is 17.5 Å². The van der Waals surface area contributed by atoms with Crippen LogP contribution in [0.5, 0.6) is 5.75 Å². The average molecular weight is 463 g/mol. The Hall–Kier alpha value is -3.56. The van der Waals surface area contributed by atoms with E-state index in [-0.39, 0.29) is 22.6 Å². The SMILES string of the molecule is CC1(c2nc3cnc(-c4ccc(F)c(C(F)(F)F)c4)cn3c2-c2c(F)cc(O)cc2F)CC1. The molecular formula is C23H15F6N3O. The number of hydrogen-bond acceptors (Lipinski definition) is 3. The maximum atomic E-state index is 14.8. The molecule has 1 N–H and O–H groups in total. The summed E-state index contributed by atoms with van der Waals surface area (Å²) in [6, 6.07) is 4.00. The molecule has 0 aliphatic heterocycles. The second-order valence-corrected chi connectivity index (χ2v) is 8.35. The van der Waals surface area contributed by atoms with E-state index in [2.05, 4.69) is 9.97 Å². The lowest BCUT2D eigenvalue weighted by molar-refractivity contribution is -0.139. The highest BCUT2D eigenvalue weighted by Crippen LogP contribution is 2.51. The number of phenols is 1. The van der Waals surface area contributed by atoms with Gasteiger partial charge in [-0.25, -0.2) is 18.2 Å². The number of benzene rings is 2. The highest BCUT2D eigenvalue weighted by molar-refractivity contribution is 5.72. The molecule has 1 aliphatic carbocycles. The van der Waals surface area contributed by atoms with Crippen molar-refractivity contribution in [1.29, 1.82) is 0 Å². The summed E-state index contributed by atoms with van der Waals surface area (Å²) >= 11 is 0. The largest absolute Gasteiger partial charge is 0.508 e. The summed E-state index contributed by atoms with van der Waals surface area (Å²) in [5.74, 6) is -4.04. The zero-order chi connectivity index (χ0) is 23.7. The molecule has 170 valence electrons. The maximum Gasteiger partial charge on any atom is 0.419 e. The minimum absolute atomic E-state index is 0.0266. The number of imidazole rings is 1. The number of halogens is 6. The van der Waals surface area contributed by atoms with Crippen molar-refractivity contribution in [3.8, 4) is 28.3 Å². The molecule has 1 saturated carbocycles. The zero-order valence-corrected chi connectivity index (χ0v) is 17.0. The Labute approximate surface area is 183 Å². The van der Waals surface area contributed by atoms with Gasteiger partial charge in [-0.2, -0.15) is 13.2 Å². The Kier molecular flexibility index (Phi) is 4.50. The highest BCUT2D eigenvalue weighted by Gasteiger charge is 2.44. The second kappa shape index (κ2) is 6.97. The smallest absolute Gasteiger partial charge is 0.419 e. The maximum absolute atomic E-state index is 14.8. The monoisotopic (exact) mass is 463 g/mol. The molecule has 5 rings (SSSR count). The molecule has 1 fully saturated rings. The number of aromatic nitrogens is 3. The Morgan fingerprint density at radius 2 is 1.67 bits per heavy atom. The van der Waals surface area contributed by atoms with E-state index in [4.69, 9.17) is 0 Å². The fourth-order valence-electron chi connectivity index (χ4n) is 3.88. The van der Waals surface area contributed by atoms with Crippen LogP contribution in [0.25, 0.3) is 28.2 Å². The van der Waals surface area contributed by atoms with Gasteiger partial charge in [-0.3, -0.25) is 9.38 Å². The average Bonchev–Trinajstić information content (AvgIpc) is 3.36. The van der Waals surface area contributed by atoms with E-state index in [1.165, 1.54) is 16.8 Å². The molecule has 0 spiro atoms. The molecule has 33 heavy (non-hydrogen) atoms. The Morgan fingerprint density at radius 3 is 2.27 bits per heavy atom. The molecule has 2 heterocycles. The van der Waals surface area contributed by atoms with Crippen LogP contribution in [0.2, 0.25) is 0 Å². The molecule has 1 aliphatic rings. The van der Waals surface area contributed by atoms with Gasteiger partial charge in [0.1, 0.15) is 23.2 Å². The molecule has 2 aromatic carbocycles. The van der Waals surface area contributed by atoms with Crippen molar-refractivity contribution >= 4 is 5.65 Å². The van der Waals surface area contributed by atoms with E-state index in [0.29, 0.717) is 17.8 Å². The van der Waals surface area contributed by atoms with Crippen LogP contribution in [0.3, 0.4) is 0 Å². The van der Waals surface area contributed by atoms with Crippen molar-refractivity contribution in [3.63, 3.8) is 0 Å². The molecule has 4 nitrogen and oxygen atoms in total. The molecule has 10 heteroatoms. The summed E-state index contributed by atoms with van der Waals surface area (Å²) in [4.78, 5) is 8.64. The van der Waals surface area contributed by atoms with Gasteiger partial charge in [-0.1, -0.05) is 6.92 Å². The van der Waals surface area contributed by atoms with Gasteiger partial charge in [-0.15, -0.1) is 0 Å². The minimum atomic E-state index is -4.91. The van der Waals surface area contributed by atoms with E-state index in [0.717, 1.165) is 31.0 Å². The van der Waals surface area contributed by atoms with Gasteiger partial charge < -0.3 is 5.11 Å². The van der Waals surface area contributed by atoms with Crippen molar-refractivity contribution in [2.45, 2.75) is 31.4 Å². The number of nitrogens with zero attached hydrogens (tertiary/aromatic N) is 3. The molecule has 0 saturated heterocycles. The molecular weight excluding hydrogens is 448 g/mol. The first-order valence-corrected chi connectivity index (χ1v) is 9.92. The van der Waals surface area contributed by atoms with Crippen molar-refractivity contribution in [1.82, 2.24) is 14.4 Å². The molecule has 2 aromatic heterocycles. The van der Waals surface area contributed by atoms with E-state index >= 15 is 0 Å². The van der Waals surface area contributed by atoms with Crippen molar-refractivity contribution in [2.24, 2.45) is 0 Å². The first-order valence-electron chi connectivity index (χ1n) is 9.92. The fourth-order valence-corrected chi connectivity index (χ4v) is 3.88. The lowest BCUT2D eigenvalue weighted by Crippen LogP contribution is -2.08. The summed E-state index contributed by atoms with van der Waals surface area (Å²) in [5.41, 5.74) is -1.57. The van der Waals surface area contributed by atoms with Crippen LogP contribution in [-0.2, 0) is 11.6 Å². The Balaban J connectivity index is 1.77. The van der Waals surface area contributed by atoms with Gasteiger partial charge in [0.25, 0.3) is 0 Å². The van der Waals surface area contributed by atoms with Crippen molar-refractivity contribution in [3.05, 3.63) is 71.4 Å². The number of rotatable bonds is 3. The van der Waals surface area contributed by atoms with Gasteiger partial charge in [0.15, 0.2) is 5.65 Å². The molecule has 0 amide bonds. The third-order valence-electron chi connectivity index (χ3n) is 5.91. The van der Waals surface area contributed by atoms with Gasteiger partial charge in [0.2, 0.25) is 0 Å². The molecule has 0 bridgehead atoms. The number of alkyl halides is 3. The van der Waals surface area contributed by atoms with Crippen LogP contribution < -0.4 is 0 Å².